The van der Waals surface area contributed by atoms with Crippen molar-refractivity contribution in [3.05, 3.63) is 71.3 Å². The predicted octanol–water partition coefficient (Wildman–Crippen LogP) is 4.52. The third kappa shape index (κ3) is 4.45. The van der Waals surface area contributed by atoms with Gasteiger partial charge in [0.25, 0.3) is 0 Å². The number of halogens is 3. The highest BCUT2D eigenvalue weighted by Crippen LogP contribution is 2.46. The molecule has 1 aromatic heterocycles. The van der Waals surface area contributed by atoms with E-state index < -0.39 is 23.1 Å². The summed E-state index contributed by atoms with van der Waals surface area (Å²) in [5.41, 5.74) is 6.66. The third-order valence-electron chi connectivity index (χ3n) is 7.29. The van der Waals surface area contributed by atoms with Gasteiger partial charge in [-0.1, -0.05) is 26.0 Å². The van der Waals surface area contributed by atoms with Crippen LogP contribution in [0, 0.1) is 12.8 Å². The van der Waals surface area contributed by atoms with Gasteiger partial charge in [0.05, 0.1) is 11.5 Å². The normalized spacial score (nSPS) is 19.0. The first-order valence-electron chi connectivity index (χ1n) is 12.0. The molecule has 0 bridgehead atoms. The van der Waals surface area contributed by atoms with Crippen molar-refractivity contribution in [3.63, 3.8) is 0 Å². The van der Waals surface area contributed by atoms with Crippen LogP contribution >= 0.6 is 0 Å². The van der Waals surface area contributed by atoms with Crippen LogP contribution < -0.4 is 15.5 Å². The number of nitrogens with two attached hydrogens (primary N) is 1. The Labute approximate surface area is 212 Å². The molecule has 3 heterocycles. The van der Waals surface area contributed by atoms with Gasteiger partial charge in [-0.25, -0.2) is 4.98 Å². The number of anilines is 3. The van der Waals surface area contributed by atoms with Crippen molar-refractivity contribution in [1.29, 1.82) is 0 Å². The number of aryl methyl sites for hydroxylation is 1. The molecular formula is C27H28F3N5O2. The standard InChI is InChI=1S/C27H28F3N5O2/c1-16-32-7-8-33(16)13-17-9-22-23(12-21(17)27(28,29)30)35(15-26(22,2)3)25(37)18-10-24(36)34(14-18)20-6-4-5-19(31)11-20/h4-9,11-12,18H,10,13-15,31H2,1-3H3/t18-/m0/s1. The van der Waals surface area contributed by atoms with E-state index in [-0.39, 0.29) is 49.1 Å². The Morgan fingerprint density at radius 3 is 2.62 bits per heavy atom. The molecule has 7 nitrogen and oxygen atoms in total. The van der Waals surface area contributed by atoms with E-state index in [4.69, 9.17) is 5.73 Å². The molecule has 2 N–H and O–H groups in total. The first-order valence-corrected chi connectivity index (χ1v) is 12.0. The van der Waals surface area contributed by atoms with Gasteiger partial charge in [0.1, 0.15) is 5.82 Å². The van der Waals surface area contributed by atoms with Crippen molar-refractivity contribution in [2.45, 2.75) is 45.3 Å². The van der Waals surface area contributed by atoms with E-state index in [1.54, 1.807) is 54.2 Å². The summed E-state index contributed by atoms with van der Waals surface area (Å²) in [6.45, 7) is 5.96. The van der Waals surface area contributed by atoms with Gasteiger partial charge >= 0.3 is 6.18 Å². The van der Waals surface area contributed by atoms with Gasteiger partial charge in [-0.2, -0.15) is 13.2 Å². The summed E-state index contributed by atoms with van der Waals surface area (Å²) in [6.07, 6.45) is -1.42. The molecule has 0 saturated carbocycles. The number of hydrogen-bond acceptors (Lipinski definition) is 4. The molecule has 0 radical (unpaired) electrons. The van der Waals surface area contributed by atoms with Crippen molar-refractivity contribution in [1.82, 2.24) is 9.55 Å². The van der Waals surface area contributed by atoms with Crippen molar-refractivity contribution < 1.29 is 22.8 Å². The molecule has 37 heavy (non-hydrogen) atoms. The molecule has 2 amide bonds. The number of nitrogens with zero attached hydrogens (tertiary/aromatic N) is 4. The number of fused-ring (bicyclic) bond motifs is 1. The van der Waals surface area contributed by atoms with Gasteiger partial charge in [0, 0.05) is 60.9 Å². The molecule has 10 heteroatoms. The fraction of sp³-hybridized carbons (Fsp3) is 0.370. The van der Waals surface area contributed by atoms with Crippen molar-refractivity contribution in [2.75, 3.05) is 28.6 Å². The number of hydrogen-bond donors (Lipinski definition) is 1. The molecule has 1 fully saturated rings. The van der Waals surface area contributed by atoms with Crippen molar-refractivity contribution >= 4 is 28.9 Å². The van der Waals surface area contributed by atoms with Gasteiger partial charge in [-0.15, -0.1) is 0 Å². The molecule has 2 aliphatic heterocycles. The van der Waals surface area contributed by atoms with Gasteiger partial charge in [-0.3, -0.25) is 9.59 Å². The van der Waals surface area contributed by atoms with E-state index in [9.17, 15) is 22.8 Å². The molecule has 2 aliphatic rings. The number of rotatable bonds is 4. The monoisotopic (exact) mass is 511 g/mol. The lowest BCUT2D eigenvalue weighted by Gasteiger charge is -2.24. The van der Waals surface area contributed by atoms with Crippen LogP contribution in [0.15, 0.2) is 48.8 Å². The zero-order valence-corrected chi connectivity index (χ0v) is 20.8. The van der Waals surface area contributed by atoms with Crippen LogP contribution in [-0.4, -0.2) is 34.5 Å². The van der Waals surface area contributed by atoms with Crippen molar-refractivity contribution in [2.24, 2.45) is 5.92 Å². The second kappa shape index (κ2) is 8.64. The summed E-state index contributed by atoms with van der Waals surface area (Å²) in [5.74, 6) is -0.624. The minimum Gasteiger partial charge on any atom is -0.399 e. The second-order valence-electron chi connectivity index (χ2n) is 10.4. The van der Waals surface area contributed by atoms with Gasteiger partial charge in [0.2, 0.25) is 11.8 Å². The molecule has 3 aromatic rings. The molecule has 1 atom stereocenters. The number of aromatic nitrogens is 2. The maximum Gasteiger partial charge on any atom is 0.416 e. The number of benzene rings is 2. The van der Waals surface area contributed by atoms with Gasteiger partial charge in [-0.05, 0) is 42.3 Å². The highest BCUT2D eigenvalue weighted by atomic mass is 19.4. The summed E-state index contributed by atoms with van der Waals surface area (Å²) < 4.78 is 44.3. The zero-order chi connectivity index (χ0) is 26.7. The van der Waals surface area contributed by atoms with Crippen LogP contribution in [-0.2, 0) is 27.7 Å². The number of carbonyl (C=O) groups is 2. The first-order chi connectivity index (χ1) is 17.3. The van der Waals surface area contributed by atoms with E-state index in [0.29, 0.717) is 22.8 Å². The quantitative estimate of drug-likeness (QED) is 0.522. The van der Waals surface area contributed by atoms with Crippen LogP contribution in [0.25, 0.3) is 0 Å². The fourth-order valence-electron chi connectivity index (χ4n) is 5.35. The highest BCUT2D eigenvalue weighted by molar-refractivity contribution is 6.05. The Balaban J connectivity index is 1.49. The van der Waals surface area contributed by atoms with Crippen molar-refractivity contribution in [3.8, 4) is 0 Å². The SMILES string of the molecule is Cc1nccn1Cc1cc2c(cc1C(F)(F)F)N(C(=O)[C@H]1CC(=O)N(c3cccc(N)c3)C1)CC2(C)C. The van der Waals surface area contributed by atoms with E-state index in [2.05, 4.69) is 4.98 Å². The Morgan fingerprint density at radius 2 is 1.97 bits per heavy atom. The lowest BCUT2D eigenvalue weighted by atomic mass is 9.85. The average molecular weight is 512 g/mol. The minimum absolute atomic E-state index is 0.00991. The minimum atomic E-state index is -4.60. The Hall–Kier alpha value is -3.82. The maximum atomic E-state index is 14.2. The van der Waals surface area contributed by atoms with E-state index in [0.717, 1.165) is 6.07 Å². The summed E-state index contributed by atoms with van der Waals surface area (Å²) in [5, 5.41) is 0. The first kappa shape index (κ1) is 24.9. The van der Waals surface area contributed by atoms with Crippen LogP contribution in [0.1, 0.15) is 42.8 Å². The Bertz CT molecular complexity index is 1390. The molecule has 194 valence electrons. The van der Waals surface area contributed by atoms with Crippen LogP contribution in [0.3, 0.4) is 0 Å². The predicted molar refractivity (Wildman–Crippen MR) is 134 cm³/mol. The molecular weight excluding hydrogens is 483 g/mol. The Kier molecular flexibility index (Phi) is 5.80. The summed E-state index contributed by atoms with van der Waals surface area (Å²) in [6, 6.07) is 9.51. The maximum absolute atomic E-state index is 14.2. The third-order valence-corrected chi connectivity index (χ3v) is 7.29. The average Bonchev–Trinajstić information content (AvgIpc) is 3.48. The van der Waals surface area contributed by atoms with Gasteiger partial charge in [0.15, 0.2) is 0 Å². The smallest absolute Gasteiger partial charge is 0.399 e. The molecule has 0 spiro atoms. The van der Waals surface area contributed by atoms with Crippen LogP contribution in [0.5, 0.6) is 0 Å². The van der Waals surface area contributed by atoms with Crippen LogP contribution in [0.4, 0.5) is 30.2 Å². The van der Waals surface area contributed by atoms with Crippen LogP contribution in [0.2, 0.25) is 0 Å². The number of carbonyl (C=O) groups excluding carboxylic acids is 2. The summed E-state index contributed by atoms with van der Waals surface area (Å²) >= 11 is 0. The lowest BCUT2D eigenvalue weighted by molar-refractivity contribution is -0.138. The fourth-order valence-corrected chi connectivity index (χ4v) is 5.35. The second-order valence-corrected chi connectivity index (χ2v) is 10.4. The number of amides is 2. The Morgan fingerprint density at radius 1 is 1.22 bits per heavy atom. The molecule has 0 unspecified atom stereocenters. The number of nitrogen functional groups attached to an aromatic ring is 1. The number of imidazole rings is 1. The largest absolute Gasteiger partial charge is 0.416 e. The summed E-state index contributed by atoms with van der Waals surface area (Å²) in [7, 11) is 0. The summed E-state index contributed by atoms with van der Waals surface area (Å²) in [4.78, 5) is 33.5. The van der Waals surface area contributed by atoms with E-state index in [1.807, 2.05) is 13.8 Å². The number of alkyl halides is 3. The molecule has 0 aliphatic carbocycles. The van der Waals surface area contributed by atoms with E-state index in [1.165, 1.54) is 9.80 Å². The highest BCUT2D eigenvalue weighted by Gasteiger charge is 2.45. The molecule has 1 saturated heterocycles. The molecule has 2 aromatic carbocycles. The molecule has 5 rings (SSSR count). The lowest BCUT2D eigenvalue weighted by Crippen LogP contribution is -2.39. The van der Waals surface area contributed by atoms with E-state index >= 15 is 0 Å². The van der Waals surface area contributed by atoms with Gasteiger partial charge < -0.3 is 20.1 Å². The zero-order valence-electron chi connectivity index (χ0n) is 20.8. The topological polar surface area (TPSA) is 84.5 Å².